The largest absolute Gasteiger partial charge is 0.361 e. The van der Waals surface area contributed by atoms with Gasteiger partial charge in [-0.15, -0.1) is 0 Å². The quantitative estimate of drug-likeness (QED) is 0.502. The van der Waals surface area contributed by atoms with Gasteiger partial charge in [0.25, 0.3) is 0 Å². The fourth-order valence-corrected chi connectivity index (χ4v) is 1.37. The van der Waals surface area contributed by atoms with Crippen LogP contribution in [0.25, 0.3) is 0 Å². The van der Waals surface area contributed by atoms with Gasteiger partial charge >= 0.3 is 0 Å². The van der Waals surface area contributed by atoms with Gasteiger partial charge in [-0.05, 0) is 0 Å². The highest BCUT2D eigenvalue weighted by atomic mass is 16.6. The van der Waals surface area contributed by atoms with Crippen LogP contribution in [0.15, 0.2) is 0 Å². The van der Waals surface area contributed by atoms with Gasteiger partial charge < -0.3 is 14.2 Å². The van der Waals surface area contributed by atoms with Crippen LogP contribution in [-0.4, -0.2) is 44.4 Å². The topological polar surface area (TPSA) is 30.9 Å². The summed E-state index contributed by atoms with van der Waals surface area (Å²) >= 11 is 0. The van der Waals surface area contributed by atoms with Crippen LogP contribution in [0.4, 0.5) is 0 Å². The lowest BCUT2D eigenvalue weighted by Crippen LogP contribution is -2.44. The highest BCUT2D eigenvalue weighted by molar-refractivity contribution is 4.86. The van der Waals surface area contributed by atoms with Gasteiger partial charge in [0, 0.05) is 7.11 Å². The monoisotopic (exact) mass is 145 g/mol. The van der Waals surface area contributed by atoms with Crippen LogP contribution < -0.4 is 0 Å². The van der Waals surface area contributed by atoms with E-state index in [0.29, 0.717) is 26.7 Å². The number of rotatable bonds is 1. The molecule has 0 atom stereocenters. The summed E-state index contributed by atoms with van der Waals surface area (Å²) in [6.45, 7) is 2.52. The van der Waals surface area contributed by atoms with Gasteiger partial charge in [-0.25, -0.2) is 4.90 Å². The van der Waals surface area contributed by atoms with Gasteiger partial charge in [0.15, 0.2) is 5.72 Å². The van der Waals surface area contributed by atoms with Crippen LogP contribution in [-0.2, 0) is 14.2 Å². The second-order valence-corrected chi connectivity index (χ2v) is 2.65. The minimum absolute atomic E-state index is 0.264. The summed E-state index contributed by atoms with van der Waals surface area (Å²) in [6, 6.07) is 0. The Kier molecular flexibility index (Phi) is 1.42. The van der Waals surface area contributed by atoms with Gasteiger partial charge in [0.05, 0.1) is 13.2 Å². The van der Waals surface area contributed by atoms with Crippen molar-refractivity contribution in [1.82, 2.24) is 4.90 Å². The minimum Gasteiger partial charge on any atom is -0.361 e. The maximum absolute atomic E-state index is 5.30. The molecule has 4 nitrogen and oxygen atoms in total. The van der Waals surface area contributed by atoms with Crippen molar-refractivity contribution < 1.29 is 14.2 Å². The molecule has 0 aliphatic carbocycles. The number of hydrogen-bond donors (Lipinski definition) is 0. The van der Waals surface area contributed by atoms with E-state index in [1.807, 2.05) is 4.90 Å². The predicted octanol–water partition coefficient (Wildman–Crippen LogP) is -0.394. The Hall–Kier alpha value is -0.160. The molecule has 4 heteroatoms. The standard InChI is InChI=1S/C6H11NO3/c1-8-6-2-9-4-7(6)5-10-3-6/h2-5H2,1H3. The van der Waals surface area contributed by atoms with E-state index < -0.39 is 0 Å². The maximum atomic E-state index is 5.30. The molecule has 2 aliphatic heterocycles. The Balaban J connectivity index is 2.15. The smallest absolute Gasteiger partial charge is 0.171 e. The van der Waals surface area contributed by atoms with Crippen molar-refractivity contribution in [1.29, 1.82) is 0 Å². The third kappa shape index (κ3) is 0.703. The lowest BCUT2D eigenvalue weighted by molar-refractivity contribution is -0.0739. The van der Waals surface area contributed by atoms with Gasteiger partial charge in [-0.2, -0.15) is 0 Å². The van der Waals surface area contributed by atoms with Crippen LogP contribution in [0, 0.1) is 0 Å². The Morgan fingerprint density at radius 2 is 1.90 bits per heavy atom. The Labute approximate surface area is 59.7 Å². The molecule has 2 fully saturated rings. The molecule has 0 amide bonds. The third-order valence-corrected chi connectivity index (χ3v) is 2.11. The minimum atomic E-state index is -0.264. The van der Waals surface area contributed by atoms with E-state index in [-0.39, 0.29) is 5.72 Å². The van der Waals surface area contributed by atoms with Crippen molar-refractivity contribution in [2.45, 2.75) is 5.72 Å². The summed E-state index contributed by atoms with van der Waals surface area (Å²) in [6.07, 6.45) is 0. The number of nitrogens with zero attached hydrogens (tertiary/aromatic N) is 1. The lowest BCUT2D eigenvalue weighted by Gasteiger charge is -2.24. The van der Waals surface area contributed by atoms with Gasteiger partial charge in [0.2, 0.25) is 0 Å². The summed E-state index contributed by atoms with van der Waals surface area (Å²) in [5, 5.41) is 0. The van der Waals surface area contributed by atoms with Crippen LogP contribution in [0.3, 0.4) is 0 Å². The average molecular weight is 145 g/mol. The molecule has 0 N–H and O–H groups in total. The first-order chi connectivity index (χ1) is 4.87. The first-order valence-electron chi connectivity index (χ1n) is 3.33. The van der Waals surface area contributed by atoms with Crippen molar-refractivity contribution >= 4 is 0 Å². The van der Waals surface area contributed by atoms with Crippen LogP contribution in [0.1, 0.15) is 0 Å². The first-order valence-corrected chi connectivity index (χ1v) is 3.33. The summed E-state index contributed by atoms with van der Waals surface area (Å²) in [7, 11) is 1.69. The van der Waals surface area contributed by atoms with Crippen LogP contribution in [0.5, 0.6) is 0 Å². The lowest BCUT2D eigenvalue weighted by atomic mass is 10.2. The number of fused-ring (bicyclic) bond motifs is 1. The molecular formula is C6H11NO3. The molecule has 0 unspecified atom stereocenters. The van der Waals surface area contributed by atoms with E-state index in [0.717, 1.165) is 0 Å². The molecule has 0 radical (unpaired) electrons. The van der Waals surface area contributed by atoms with Gasteiger partial charge in [0.1, 0.15) is 13.5 Å². The number of ether oxygens (including phenoxy) is 3. The van der Waals surface area contributed by atoms with Gasteiger partial charge in [-0.3, -0.25) is 0 Å². The summed E-state index contributed by atoms with van der Waals surface area (Å²) in [5.74, 6) is 0. The molecule has 0 spiro atoms. The zero-order valence-corrected chi connectivity index (χ0v) is 6.00. The number of hydrogen-bond acceptors (Lipinski definition) is 4. The fraction of sp³-hybridized carbons (Fsp3) is 1.00. The van der Waals surface area contributed by atoms with Crippen molar-refractivity contribution in [2.75, 3.05) is 33.8 Å². The molecule has 58 valence electrons. The molecule has 2 aliphatic rings. The Morgan fingerprint density at radius 1 is 1.30 bits per heavy atom. The van der Waals surface area contributed by atoms with E-state index in [2.05, 4.69) is 0 Å². The Morgan fingerprint density at radius 3 is 2.30 bits per heavy atom. The highest BCUT2D eigenvalue weighted by Gasteiger charge is 2.46. The van der Waals surface area contributed by atoms with E-state index in [1.54, 1.807) is 7.11 Å². The molecular weight excluding hydrogens is 134 g/mol. The van der Waals surface area contributed by atoms with E-state index >= 15 is 0 Å². The van der Waals surface area contributed by atoms with Crippen molar-refractivity contribution in [3.63, 3.8) is 0 Å². The zero-order valence-electron chi connectivity index (χ0n) is 6.00. The van der Waals surface area contributed by atoms with Crippen molar-refractivity contribution in [3.8, 4) is 0 Å². The van der Waals surface area contributed by atoms with Crippen LogP contribution >= 0.6 is 0 Å². The normalized spacial score (nSPS) is 30.9. The molecule has 2 saturated heterocycles. The first kappa shape index (κ1) is 6.54. The molecule has 10 heavy (non-hydrogen) atoms. The molecule has 2 heterocycles. The fourth-order valence-electron chi connectivity index (χ4n) is 1.37. The molecule has 0 aromatic carbocycles. The predicted molar refractivity (Wildman–Crippen MR) is 33.2 cm³/mol. The van der Waals surface area contributed by atoms with Crippen molar-refractivity contribution in [3.05, 3.63) is 0 Å². The molecule has 0 bridgehead atoms. The van der Waals surface area contributed by atoms with Crippen LogP contribution in [0.2, 0.25) is 0 Å². The maximum Gasteiger partial charge on any atom is 0.171 e. The average Bonchev–Trinajstić information content (AvgIpc) is 2.42. The second kappa shape index (κ2) is 2.17. The van der Waals surface area contributed by atoms with E-state index in [9.17, 15) is 0 Å². The molecule has 0 aromatic heterocycles. The number of methoxy groups -OCH3 is 1. The summed E-state index contributed by atoms with van der Waals surface area (Å²) in [4.78, 5) is 2.05. The summed E-state index contributed by atoms with van der Waals surface area (Å²) < 4.78 is 15.8. The molecule has 0 saturated carbocycles. The highest BCUT2D eigenvalue weighted by Crippen LogP contribution is 2.28. The molecule has 0 aromatic rings. The SMILES string of the molecule is COC12COCN1COC2. The second-order valence-electron chi connectivity index (χ2n) is 2.65. The van der Waals surface area contributed by atoms with E-state index in [4.69, 9.17) is 14.2 Å². The Bertz CT molecular complexity index is 129. The third-order valence-electron chi connectivity index (χ3n) is 2.11. The van der Waals surface area contributed by atoms with E-state index in [1.165, 1.54) is 0 Å². The molecule has 2 rings (SSSR count). The zero-order chi connectivity index (χ0) is 7.03. The van der Waals surface area contributed by atoms with Gasteiger partial charge in [-0.1, -0.05) is 0 Å². The summed E-state index contributed by atoms with van der Waals surface area (Å²) in [5.41, 5.74) is -0.264. The van der Waals surface area contributed by atoms with Crippen molar-refractivity contribution in [2.24, 2.45) is 0 Å².